The molecule has 12 heteroatoms. The Kier molecular flexibility index (Phi) is 6.15. The van der Waals surface area contributed by atoms with Crippen LogP contribution < -0.4 is 5.32 Å². The molecule has 0 spiro atoms. The molecule has 4 aromatic rings. The van der Waals surface area contributed by atoms with E-state index in [1.807, 2.05) is 46.8 Å². The molecule has 0 bridgehead atoms. The lowest BCUT2D eigenvalue weighted by Gasteiger charge is -2.36. The predicted octanol–water partition coefficient (Wildman–Crippen LogP) is 3.73. The summed E-state index contributed by atoms with van der Waals surface area (Å²) in [6.07, 6.45) is 6.84. The molecule has 38 heavy (non-hydrogen) atoms. The zero-order valence-corrected chi connectivity index (χ0v) is 21.9. The first-order chi connectivity index (χ1) is 18.4. The lowest BCUT2D eigenvalue weighted by atomic mass is 10.0. The van der Waals surface area contributed by atoms with Crippen LogP contribution >= 0.6 is 11.6 Å². The van der Waals surface area contributed by atoms with E-state index in [1.54, 1.807) is 29.6 Å². The van der Waals surface area contributed by atoms with E-state index in [0.29, 0.717) is 46.7 Å². The number of fused-ring (bicyclic) bond motifs is 1. The number of carbonyl (C=O) groups is 2. The average molecular weight is 534 g/mol. The van der Waals surface area contributed by atoms with Crippen molar-refractivity contribution in [3.8, 4) is 11.4 Å². The first kappa shape index (κ1) is 24.2. The van der Waals surface area contributed by atoms with E-state index in [1.165, 1.54) is 0 Å². The number of benzene rings is 1. The number of likely N-dealkylation sites (N-methyl/N-ethyl adjacent to an activating group) is 1. The minimum atomic E-state index is -0.0681. The first-order valence-corrected chi connectivity index (χ1v) is 13.0. The molecule has 0 atom stereocenters. The first-order valence-electron chi connectivity index (χ1n) is 12.6. The van der Waals surface area contributed by atoms with Crippen LogP contribution in [0.15, 0.2) is 43.0 Å². The van der Waals surface area contributed by atoms with Gasteiger partial charge in [-0.15, -0.1) is 0 Å². The monoisotopic (exact) mass is 533 g/mol. The lowest BCUT2D eigenvalue weighted by molar-refractivity contribution is 0.0659. The zero-order chi connectivity index (χ0) is 26.4. The fourth-order valence-corrected chi connectivity index (χ4v) is 5.45. The maximum absolute atomic E-state index is 13.3. The Balaban J connectivity index is 1.16. The number of nitrogens with zero attached hydrogens (tertiary/aromatic N) is 7. The number of piperidine rings is 1. The van der Waals surface area contributed by atoms with Gasteiger partial charge in [0.1, 0.15) is 11.4 Å². The maximum Gasteiger partial charge on any atom is 0.320 e. The van der Waals surface area contributed by atoms with E-state index in [-0.39, 0.29) is 18.0 Å². The molecule has 2 saturated heterocycles. The number of imidazole rings is 1. The average Bonchev–Trinajstić information content (AvgIpc) is 3.63. The smallest absolute Gasteiger partial charge is 0.320 e. The van der Waals surface area contributed by atoms with E-state index in [0.717, 1.165) is 37.0 Å². The Morgan fingerprint density at radius 3 is 2.61 bits per heavy atom. The third-order valence-corrected chi connectivity index (χ3v) is 7.53. The summed E-state index contributed by atoms with van der Waals surface area (Å²) in [4.78, 5) is 47.6. The number of H-pyrrole nitrogens is 1. The van der Waals surface area contributed by atoms with Gasteiger partial charge in [0.2, 0.25) is 5.95 Å². The fraction of sp³-hybridized carbons (Fsp3) is 0.346. The van der Waals surface area contributed by atoms with Gasteiger partial charge in [0, 0.05) is 69.8 Å². The van der Waals surface area contributed by atoms with Gasteiger partial charge in [-0.3, -0.25) is 4.79 Å². The molecule has 3 aromatic heterocycles. The van der Waals surface area contributed by atoms with Crippen molar-refractivity contribution in [3.63, 3.8) is 0 Å². The number of halogens is 1. The molecule has 0 unspecified atom stereocenters. The molecule has 0 saturated carbocycles. The number of hydrogen-bond donors (Lipinski definition) is 2. The number of anilines is 2. The number of aryl methyl sites for hydroxylation is 1. The van der Waals surface area contributed by atoms with Crippen molar-refractivity contribution in [2.24, 2.45) is 7.05 Å². The van der Waals surface area contributed by atoms with Gasteiger partial charge in [0.15, 0.2) is 0 Å². The van der Waals surface area contributed by atoms with Gasteiger partial charge in [-0.1, -0.05) is 11.6 Å². The summed E-state index contributed by atoms with van der Waals surface area (Å²) in [7, 11) is 3.73. The molecular formula is C26H28ClN9O2. The van der Waals surface area contributed by atoms with Crippen LogP contribution in [0.2, 0.25) is 5.02 Å². The van der Waals surface area contributed by atoms with Crippen LogP contribution in [0, 0.1) is 0 Å². The van der Waals surface area contributed by atoms with E-state index in [9.17, 15) is 9.59 Å². The van der Waals surface area contributed by atoms with Crippen molar-refractivity contribution in [3.05, 3.63) is 53.7 Å². The van der Waals surface area contributed by atoms with Crippen molar-refractivity contribution in [1.82, 2.24) is 39.2 Å². The summed E-state index contributed by atoms with van der Waals surface area (Å²) >= 11 is 6.59. The van der Waals surface area contributed by atoms with Crippen molar-refractivity contribution < 1.29 is 9.59 Å². The molecule has 2 fully saturated rings. The topological polar surface area (TPSA) is 115 Å². The number of aromatic amines is 1. The fourth-order valence-electron chi connectivity index (χ4n) is 5.18. The van der Waals surface area contributed by atoms with Crippen molar-refractivity contribution in [1.29, 1.82) is 0 Å². The van der Waals surface area contributed by atoms with Crippen LogP contribution in [0.5, 0.6) is 0 Å². The second kappa shape index (κ2) is 9.64. The minimum Gasteiger partial charge on any atom is -0.349 e. The molecular weight excluding hydrogens is 506 g/mol. The predicted molar refractivity (Wildman–Crippen MR) is 144 cm³/mol. The molecule has 3 amide bonds. The zero-order valence-electron chi connectivity index (χ0n) is 21.2. The molecule has 6 rings (SSSR count). The van der Waals surface area contributed by atoms with E-state index in [2.05, 4.69) is 25.3 Å². The molecule has 0 radical (unpaired) electrons. The molecule has 11 nitrogen and oxygen atoms in total. The third-order valence-electron chi connectivity index (χ3n) is 7.23. The Morgan fingerprint density at radius 2 is 1.89 bits per heavy atom. The summed E-state index contributed by atoms with van der Waals surface area (Å²) in [6, 6.07) is 7.58. The van der Waals surface area contributed by atoms with E-state index < -0.39 is 0 Å². The Hall–Kier alpha value is -4.12. The number of urea groups is 1. The van der Waals surface area contributed by atoms with E-state index >= 15 is 0 Å². The highest BCUT2D eigenvalue weighted by molar-refractivity contribution is 6.35. The standard InChI is InChI=1S/C26H28ClN9O2/c1-33-14-22(29-15-33)20-3-6-28-25(32-20)30-17-11-16-12-21(31-23(16)19(27)13-17)24(37)35-7-4-18(5-8-35)36-10-9-34(2)26(36)38/h3,6,11-15,18,31H,4-5,7-10H2,1-2H3,(H,28,30,32). The van der Waals surface area contributed by atoms with Gasteiger partial charge in [-0.05, 0) is 37.1 Å². The minimum absolute atomic E-state index is 0.0681. The summed E-state index contributed by atoms with van der Waals surface area (Å²) in [5.74, 6) is 0.349. The number of hydrogen-bond acceptors (Lipinski definition) is 6. The van der Waals surface area contributed by atoms with Gasteiger partial charge in [-0.25, -0.2) is 19.7 Å². The van der Waals surface area contributed by atoms with Gasteiger partial charge in [0.25, 0.3) is 5.91 Å². The Labute approximate surface area is 224 Å². The number of amides is 3. The SMILES string of the molecule is CN1CCN(C2CCN(C(=O)c3cc4cc(Nc5nccc(-c6cn(C)cn6)n5)cc(Cl)c4[nH]3)CC2)C1=O. The molecule has 2 N–H and O–H groups in total. The van der Waals surface area contributed by atoms with Crippen LogP contribution in [0.1, 0.15) is 23.3 Å². The Morgan fingerprint density at radius 1 is 1.08 bits per heavy atom. The van der Waals surface area contributed by atoms with E-state index in [4.69, 9.17) is 11.6 Å². The van der Waals surface area contributed by atoms with Gasteiger partial charge >= 0.3 is 6.03 Å². The van der Waals surface area contributed by atoms with Gasteiger partial charge < -0.3 is 29.6 Å². The van der Waals surface area contributed by atoms with Crippen molar-refractivity contribution in [2.75, 3.05) is 38.5 Å². The highest BCUT2D eigenvalue weighted by Gasteiger charge is 2.34. The van der Waals surface area contributed by atoms with Gasteiger partial charge in [0.05, 0.1) is 22.6 Å². The molecule has 0 aliphatic carbocycles. The lowest BCUT2D eigenvalue weighted by Crippen LogP contribution is -2.47. The molecule has 2 aliphatic rings. The van der Waals surface area contributed by atoms with Crippen LogP contribution in [0.25, 0.3) is 22.3 Å². The summed E-state index contributed by atoms with van der Waals surface area (Å²) < 4.78 is 1.86. The quantitative estimate of drug-likeness (QED) is 0.404. The molecule has 2 aliphatic heterocycles. The normalized spacial score (nSPS) is 16.6. The summed E-state index contributed by atoms with van der Waals surface area (Å²) in [6.45, 7) is 2.73. The second-order valence-electron chi connectivity index (χ2n) is 9.84. The molecule has 5 heterocycles. The number of likely N-dealkylation sites (tertiary alicyclic amines) is 1. The molecule has 1 aromatic carbocycles. The number of nitrogens with one attached hydrogen (secondary N) is 2. The van der Waals surface area contributed by atoms with Crippen LogP contribution in [0.3, 0.4) is 0 Å². The van der Waals surface area contributed by atoms with Crippen molar-refractivity contribution >= 4 is 46.1 Å². The largest absolute Gasteiger partial charge is 0.349 e. The van der Waals surface area contributed by atoms with Gasteiger partial charge in [-0.2, -0.15) is 0 Å². The highest BCUT2D eigenvalue weighted by Crippen LogP contribution is 2.30. The summed E-state index contributed by atoms with van der Waals surface area (Å²) in [5, 5.41) is 4.50. The summed E-state index contributed by atoms with van der Waals surface area (Å²) in [5.41, 5.74) is 3.35. The maximum atomic E-state index is 13.3. The number of aromatic nitrogens is 5. The highest BCUT2D eigenvalue weighted by atomic mass is 35.5. The van der Waals surface area contributed by atoms with Crippen LogP contribution in [0.4, 0.5) is 16.4 Å². The number of carbonyl (C=O) groups excluding carboxylic acids is 2. The van der Waals surface area contributed by atoms with Crippen molar-refractivity contribution in [2.45, 2.75) is 18.9 Å². The third kappa shape index (κ3) is 4.53. The Bertz CT molecular complexity index is 1520. The molecule has 196 valence electrons. The number of rotatable bonds is 5. The second-order valence-corrected chi connectivity index (χ2v) is 10.2. The van der Waals surface area contributed by atoms with Crippen LogP contribution in [-0.4, -0.2) is 90.4 Å². The van der Waals surface area contributed by atoms with Crippen LogP contribution in [-0.2, 0) is 7.05 Å².